The number of benzene rings is 3. The van der Waals surface area contributed by atoms with Gasteiger partial charge in [0.15, 0.2) is 0 Å². The zero-order valence-corrected chi connectivity index (χ0v) is 22.6. The number of carbonyl (C=O) groups is 2. The van der Waals surface area contributed by atoms with Gasteiger partial charge in [-0.2, -0.15) is 0 Å². The molecule has 7 nitrogen and oxygen atoms in total. The lowest BCUT2D eigenvalue weighted by Gasteiger charge is -2.31. The highest BCUT2D eigenvalue weighted by Crippen LogP contribution is 2.38. The highest BCUT2D eigenvalue weighted by Gasteiger charge is 2.31. The van der Waals surface area contributed by atoms with E-state index >= 15 is 0 Å². The average molecular weight is 523 g/mol. The van der Waals surface area contributed by atoms with Gasteiger partial charge in [0.2, 0.25) is 0 Å². The fourth-order valence-corrected chi connectivity index (χ4v) is 6.27. The summed E-state index contributed by atoms with van der Waals surface area (Å²) in [7, 11) is 0. The molecule has 0 unspecified atom stereocenters. The number of rotatable bonds is 2. The summed E-state index contributed by atoms with van der Waals surface area (Å²) in [4.78, 5) is 27.6. The van der Waals surface area contributed by atoms with Gasteiger partial charge < -0.3 is 10.0 Å². The van der Waals surface area contributed by atoms with Crippen molar-refractivity contribution in [2.45, 2.75) is 65.0 Å². The van der Waals surface area contributed by atoms with Gasteiger partial charge in [-0.25, -0.2) is 4.68 Å². The maximum absolute atomic E-state index is 13.4. The largest absolute Gasteiger partial charge is 0.481 e. The van der Waals surface area contributed by atoms with Crippen LogP contribution < -0.4 is 0 Å². The topological polar surface area (TPSA) is 88.3 Å². The van der Waals surface area contributed by atoms with Gasteiger partial charge in [0.25, 0.3) is 5.91 Å². The Bertz CT molecular complexity index is 1560. The molecule has 6 heterocycles. The van der Waals surface area contributed by atoms with Crippen molar-refractivity contribution < 1.29 is 14.7 Å². The molecule has 3 aromatic carbocycles. The predicted molar refractivity (Wildman–Crippen MR) is 150 cm³/mol. The number of carboxylic acids is 1. The van der Waals surface area contributed by atoms with Crippen LogP contribution in [0.1, 0.15) is 75.8 Å². The third-order valence-corrected chi connectivity index (χ3v) is 8.63. The summed E-state index contributed by atoms with van der Waals surface area (Å²) in [5.74, 6) is -1.79. The van der Waals surface area contributed by atoms with E-state index < -0.39 is 11.9 Å². The summed E-state index contributed by atoms with van der Waals surface area (Å²) >= 11 is 0. The molecule has 1 amide bonds. The second kappa shape index (κ2) is 10.3. The normalized spacial score (nSPS) is 18.6. The molecule has 0 saturated heterocycles. The predicted octanol–water partition coefficient (Wildman–Crippen LogP) is 5.52. The Morgan fingerprint density at radius 2 is 1.79 bits per heavy atom. The van der Waals surface area contributed by atoms with Crippen LogP contribution in [0.4, 0.5) is 0 Å². The summed E-state index contributed by atoms with van der Waals surface area (Å²) in [5, 5.41) is 19.1. The van der Waals surface area contributed by atoms with Gasteiger partial charge in [-0.1, -0.05) is 55.0 Å². The third-order valence-electron chi connectivity index (χ3n) is 8.63. The Morgan fingerprint density at radius 1 is 0.974 bits per heavy atom. The molecule has 0 radical (unpaired) electrons. The van der Waals surface area contributed by atoms with E-state index in [0.717, 1.165) is 71.9 Å². The Kier molecular flexibility index (Phi) is 6.67. The molecule has 5 aliphatic heterocycles. The minimum atomic E-state index is -0.841. The molecule has 0 spiro atoms. The van der Waals surface area contributed by atoms with Crippen molar-refractivity contribution in [2.75, 3.05) is 6.54 Å². The Labute approximate surface area is 228 Å². The first kappa shape index (κ1) is 25.3. The van der Waals surface area contributed by atoms with Gasteiger partial charge >= 0.3 is 5.97 Å². The number of aromatic nitrogens is 3. The molecule has 0 saturated carbocycles. The van der Waals surface area contributed by atoms with Crippen molar-refractivity contribution >= 4 is 22.9 Å². The van der Waals surface area contributed by atoms with Crippen molar-refractivity contribution in [2.24, 2.45) is 5.92 Å². The average Bonchev–Trinajstić information content (AvgIpc) is 3.37. The number of amides is 1. The molecule has 4 aromatic rings. The summed E-state index contributed by atoms with van der Waals surface area (Å²) in [6, 6.07) is 18.5. The van der Waals surface area contributed by atoms with Gasteiger partial charge in [-0.05, 0) is 84.2 Å². The van der Waals surface area contributed by atoms with Gasteiger partial charge in [0.1, 0.15) is 5.52 Å². The summed E-state index contributed by atoms with van der Waals surface area (Å²) in [6.45, 7) is 5.78. The van der Waals surface area contributed by atoms with Crippen LogP contribution in [-0.4, -0.2) is 43.4 Å². The molecular weight excluding hydrogens is 488 g/mol. The van der Waals surface area contributed by atoms with Crippen molar-refractivity contribution in [3.63, 3.8) is 0 Å². The first-order chi connectivity index (χ1) is 18.9. The Morgan fingerprint density at radius 3 is 2.59 bits per heavy atom. The van der Waals surface area contributed by atoms with Crippen LogP contribution >= 0.6 is 0 Å². The Balaban J connectivity index is 1.46. The van der Waals surface area contributed by atoms with Crippen LogP contribution in [0.3, 0.4) is 0 Å². The van der Waals surface area contributed by atoms with E-state index in [0.29, 0.717) is 18.7 Å². The molecule has 39 heavy (non-hydrogen) atoms. The second-order valence-electron chi connectivity index (χ2n) is 11.1. The fourth-order valence-electron chi connectivity index (χ4n) is 6.27. The van der Waals surface area contributed by atoms with E-state index in [-0.39, 0.29) is 11.8 Å². The number of hydrogen-bond donors (Lipinski definition) is 1. The quantitative estimate of drug-likeness (QED) is 0.375. The van der Waals surface area contributed by atoms with E-state index in [1.54, 1.807) is 6.92 Å². The van der Waals surface area contributed by atoms with E-state index in [1.165, 1.54) is 11.1 Å². The zero-order chi connectivity index (χ0) is 27.1. The SMILES string of the molecule is Cc1c2ccc3c1nnn3CCCCCc1ccc(cc1)C(=O)N1CCc3ccc(cc3C1)[C@H]2[C@H](C)C(=O)O. The number of nitrogens with zero attached hydrogens (tertiary/aromatic N) is 4. The number of carbonyl (C=O) groups excluding carboxylic acids is 1. The number of hydrogen-bond acceptors (Lipinski definition) is 4. The molecule has 9 rings (SSSR count). The third kappa shape index (κ3) is 4.71. The van der Waals surface area contributed by atoms with Crippen molar-refractivity contribution in [3.8, 4) is 0 Å². The zero-order valence-electron chi connectivity index (χ0n) is 22.6. The molecule has 1 N–H and O–H groups in total. The molecule has 9 bridgehead atoms. The molecule has 1 aromatic heterocycles. The standard InChI is InChI=1S/C32H34N4O3/c1-20-27-13-14-28-30(20)33-34-36(28)16-5-3-4-6-22-7-9-24(10-8-22)31(37)35-17-15-23-11-12-25(18-26(23)19-35)29(27)21(2)32(38)39/h7-14,18,21,29H,3-6,15-17,19H2,1-2H3,(H,38,39)/t21-,29+/m0/s1. The maximum atomic E-state index is 13.4. The smallest absolute Gasteiger partial charge is 0.307 e. The highest BCUT2D eigenvalue weighted by molar-refractivity contribution is 5.94. The lowest BCUT2D eigenvalue weighted by atomic mass is 9.78. The van der Waals surface area contributed by atoms with Gasteiger partial charge in [-0.15, -0.1) is 5.10 Å². The van der Waals surface area contributed by atoms with Gasteiger partial charge in [0, 0.05) is 31.1 Å². The first-order valence-corrected chi connectivity index (χ1v) is 14.0. The van der Waals surface area contributed by atoms with E-state index in [2.05, 4.69) is 46.7 Å². The van der Waals surface area contributed by atoms with Crippen LogP contribution in [0.2, 0.25) is 0 Å². The molecule has 0 aliphatic carbocycles. The van der Waals surface area contributed by atoms with Crippen LogP contribution in [0.5, 0.6) is 0 Å². The van der Waals surface area contributed by atoms with Gasteiger partial charge in [-0.3, -0.25) is 9.59 Å². The lowest BCUT2D eigenvalue weighted by molar-refractivity contribution is -0.141. The van der Waals surface area contributed by atoms with Crippen molar-refractivity contribution in [3.05, 3.63) is 93.5 Å². The minimum absolute atomic E-state index is 0.0441. The molecule has 7 heteroatoms. The summed E-state index contributed by atoms with van der Waals surface area (Å²) < 4.78 is 1.97. The summed E-state index contributed by atoms with van der Waals surface area (Å²) in [5.41, 5.74) is 8.96. The van der Waals surface area contributed by atoms with E-state index in [9.17, 15) is 14.7 Å². The van der Waals surface area contributed by atoms with Crippen LogP contribution in [-0.2, 0) is 30.7 Å². The van der Waals surface area contributed by atoms with Crippen LogP contribution in [0.25, 0.3) is 11.0 Å². The van der Waals surface area contributed by atoms with Gasteiger partial charge in [0.05, 0.1) is 11.4 Å². The van der Waals surface area contributed by atoms with E-state index in [4.69, 9.17) is 0 Å². The fraction of sp³-hybridized carbons (Fsp3) is 0.375. The minimum Gasteiger partial charge on any atom is -0.481 e. The molecule has 200 valence electrons. The molecule has 5 aliphatic rings. The number of carboxylic acid groups (broad SMARTS) is 1. The maximum Gasteiger partial charge on any atom is 0.307 e. The lowest BCUT2D eigenvalue weighted by Crippen LogP contribution is -2.36. The molecule has 2 atom stereocenters. The monoisotopic (exact) mass is 522 g/mol. The highest BCUT2D eigenvalue weighted by atomic mass is 16.4. The first-order valence-electron chi connectivity index (χ1n) is 14.0. The number of aliphatic carboxylic acids is 1. The number of aryl methyl sites for hydroxylation is 3. The summed E-state index contributed by atoms with van der Waals surface area (Å²) in [6.07, 6.45) is 4.91. The second-order valence-corrected chi connectivity index (χ2v) is 11.1. The van der Waals surface area contributed by atoms with Crippen LogP contribution in [0.15, 0.2) is 54.6 Å². The van der Waals surface area contributed by atoms with E-state index in [1.807, 2.05) is 34.7 Å². The Hall–Kier alpha value is -4.00. The van der Waals surface area contributed by atoms with Crippen molar-refractivity contribution in [1.82, 2.24) is 19.9 Å². The van der Waals surface area contributed by atoms with Crippen molar-refractivity contribution in [1.29, 1.82) is 0 Å². The molecular formula is C32H34N4O3. The van der Waals surface area contributed by atoms with Crippen LogP contribution in [0, 0.1) is 12.8 Å². The molecule has 0 fully saturated rings.